The van der Waals surface area contributed by atoms with E-state index in [1.807, 2.05) is 20.8 Å². The fourth-order valence-electron chi connectivity index (χ4n) is 0.891. The van der Waals surface area contributed by atoms with Crippen LogP contribution in [-0.2, 0) is 4.79 Å². The van der Waals surface area contributed by atoms with Crippen LogP contribution in [0.4, 0.5) is 0 Å². The number of carbonyl (C=O) groups is 1. The Labute approximate surface area is 73.3 Å². The van der Waals surface area contributed by atoms with Crippen LogP contribution in [0.3, 0.4) is 0 Å². The molecule has 0 spiro atoms. The van der Waals surface area contributed by atoms with E-state index in [0.29, 0.717) is 0 Å². The summed E-state index contributed by atoms with van der Waals surface area (Å²) in [6, 6.07) is -0.519. The third kappa shape index (κ3) is 4.31. The largest absolute Gasteiger partial charge is 0.394 e. The maximum Gasteiger partial charge on any atom is 0.239 e. The molecule has 4 heteroatoms. The first kappa shape index (κ1) is 11.4. The van der Waals surface area contributed by atoms with Gasteiger partial charge in [-0.05, 0) is 20.8 Å². The molecule has 0 aliphatic rings. The molecule has 0 aliphatic carbocycles. The van der Waals surface area contributed by atoms with Crippen molar-refractivity contribution in [3.8, 4) is 0 Å². The first-order valence-electron chi connectivity index (χ1n) is 4.01. The molecule has 72 valence electrons. The number of hydrogen-bond donors (Lipinski definition) is 3. The number of rotatable bonds is 3. The van der Waals surface area contributed by atoms with E-state index in [9.17, 15) is 4.79 Å². The van der Waals surface area contributed by atoms with Gasteiger partial charge in [0.2, 0.25) is 5.91 Å². The van der Waals surface area contributed by atoms with Crippen LogP contribution < -0.4 is 10.6 Å². The van der Waals surface area contributed by atoms with E-state index in [2.05, 4.69) is 10.6 Å². The van der Waals surface area contributed by atoms with E-state index >= 15 is 0 Å². The quantitative estimate of drug-likeness (QED) is 0.539. The van der Waals surface area contributed by atoms with Gasteiger partial charge in [-0.2, -0.15) is 0 Å². The Kier molecular flexibility index (Phi) is 4.20. The molecule has 0 heterocycles. The van der Waals surface area contributed by atoms with Gasteiger partial charge in [-0.25, -0.2) is 0 Å². The van der Waals surface area contributed by atoms with Gasteiger partial charge in [-0.15, -0.1) is 0 Å². The molecule has 0 radical (unpaired) electrons. The summed E-state index contributed by atoms with van der Waals surface area (Å²) in [5, 5.41) is 14.3. The Morgan fingerprint density at radius 1 is 1.50 bits per heavy atom. The fourth-order valence-corrected chi connectivity index (χ4v) is 0.891. The lowest BCUT2D eigenvalue weighted by atomic mass is 10.1. The third-order valence-corrected chi connectivity index (χ3v) is 1.35. The van der Waals surface area contributed by atoms with E-state index in [-0.39, 0.29) is 18.1 Å². The second kappa shape index (κ2) is 4.42. The van der Waals surface area contributed by atoms with Gasteiger partial charge in [-0.1, -0.05) is 0 Å². The summed E-state index contributed by atoms with van der Waals surface area (Å²) in [6.07, 6.45) is 0. The molecular weight excluding hydrogens is 156 g/mol. The van der Waals surface area contributed by atoms with Gasteiger partial charge >= 0.3 is 0 Å². The first-order chi connectivity index (χ1) is 5.40. The first-order valence-corrected chi connectivity index (χ1v) is 4.01. The molecule has 0 saturated heterocycles. The number of likely N-dealkylation sites (N-methyl/N-ethyl adjacent to an activating group) is 1. The van der Waals surface area contributed by atoms with Gasteiger partial charge < -0.3 is 10.4 Å². The monoisotopic (exact) mass is 174 g/mol. The van der Waals surface area contributed by atoms with Crippen LogP contribution in [0.25, 0.3) is 0 Å². The van der Waals surface area contributed by atoms with Crippen molar-refractivity contribution in [1.82, 2.24) is 10.6 Å². The lowest BCUT2D eigenvalue weighted by Gasteiger charge is -2.26. The van der Waals surface area contributed by atoms with E-state index in [1.54, 1.807) is 7.05 Å². The molecule has 0 fully saturated rings. The van der Waals surface area contributed by atoms with Crippen molar-refractivity contribution in [2.45, 2.75) is 32.4 Å². The van der Waals surface area contributed by atoms with Gasteiger partial charge in [0.25, 0.3) is 0 Å². The zero-order valence-corrected chi connectivity index (χ0v) is 8.14. The van der Waals surface area contributed by atoms with Crippen molar-refractivity contribution >= 4 is 5.91 Å². The van der Waals surface area contributed by atoms with E-state index < -0.39 is 6.04 Å². The maximum absolute atomic E-state index is 11.1. The van der Waals surface area contributed by atoms with Crippen molar-refractivity contribution in [3.63, 3.8) is 0 Å². The zero-order chi connectivity index (χ0) is 9.78. The Hall–Kier alpha value is -0.610. The molecule has 1 atom stereocenters. The molecule has 0 aromatic rings. The van der Waals surface area contributed by atoms with Crippen LogP contribution in [0.5, 0.6) is 0 Å². The number of aliphatic hydroxyl groups excluding tert-OH is 1. The minimum atomic E-state index is -0.519. The number of nitrogens with one attached hydrogen (secondary N) is 2. The zero-order valence-electron chi connectivity index (χ0n) is 8.14. The molecule has 4 nitrogen and oxygen atoms in total. The molecule has 0 aromatic heterocycles. The van der Waals surface area contributed by atoms with Crippen molar-refractivity contribution < 1.29 is 9.90 Å². The van der Waals surface area contributed by atoms with Crippen LogP contribution in [0.15, 0.2) is 0 Å². The van der Waals surface area contributed by atoms with Crippen molar-refractivity contribution in [3.05, 3.63) is 0 Å². The Balaban J connectivity index is 4.09. The molecule has 12 heavy (non-hydrogen) atoms. The third-order valence-electron chi connectivity index (χ3n) is 1.35. The van der Waals surface area contributed by atoms with Crippen LogP contribution in [0.1, 0.15) is 20.8 Å². The van der Waals surface area contributed by atoms with Crippen LogP contribution >= 0.6 is 0 Å². The molecule has 0 bridgehead atoms. The standard InChI is InChI=1S/C8H18N2O2/c1-8(2,3)10-6(5-11)7(12)9-4/h6,10-11H,5H2,1-4H3,(H,9,12). The molecule has 0 aromatic carbocycles. The molecular formula is C8H18N2O2. The van der Waals surface area contributed by atoms with Gasteiger partial charge in [0.15, 0.2) is 0 Å². The molecule has 0 aliphatic heterocycles. The molecule has 1 unspecified atom stereocenters. The molecule has 3 N–H and O–H groups in total. The predicted octanol–water partition coefficient (Wildman–Crippen LogP) is -0.519. The molecule has 0 rings (SSSR count). The van der Waals surface area contributed by atoms with Gasteiger partial charge in [0.05, 0.1) is 6.61 Å². The lowest BCUT2D eigenvalue weighted by molar-refractivity contribution is -0.124. The van der Waals surface area contributed by atoms with Crippen molar-refractivity contribution in [1.29, 1.82) is 0 Å². The normalized spacial score (nSPS) is 14.1. The smallest absolute Gasteiger partial charge is 0.239 e. The summed E-state index contributed by atoms with van der Waals surface area (Å²) >= 11 is 0. The molecule has 1 amide bonds. The topological polar surface area (TPSA) is 61.4 Å². The number of aliphatic hydroxyl groups is 1. The second-order valence-electron chi connectivity index (χ2n) is 3.74. The van der Waals surface area contributed by atoms with E-state index in [1.165, 1.54) is 0 Å². The summed E-state index contributed by atoms with van der Waals surface area (Å²) < 4.78 is 0. The lowest BCUT2D eigenvalue weighted by Crippen LogP contribution is -2.52. The highest BCUT2D eigenvalue weighted by Crippen LogP contribution is 2.00. The summed E-state index contributed by atoms with van der Waals surface area (Å²) in [5.41, 5.74) is -0.167. The SMILES string of the molecule is CNC(=O)C(CO)NC(C)(C)C. The predicted molar refractivity (Wildman–Crippen MR) is 47.8 cm³/mol. The highest BCUT2D eigenvalue weighted by molar-refractivity contribution is 5.81. The van der Waals surface area contributed by atoms with E-state index in [4.69, 9.17) is 5.11 Å². The highest BCUT2D eigenvalue weighted by Gasteiger charge is 2.21. The fraction of sp³-hybridized carbons (Fsp3) is 0.875. The molecule has 0 saturated carbocycles. The number of carbonyl (C=O) groups excluding carboxylic acids is 1. The number of hydrogen-bond acceptors (Lipinski definition) is 3. The van der Waals surface area contributed by atoms with Gasteiger partial charge in [0, 0.05) is 12.6 Å². The Morgan fingerprint density at radius 3 is 2.25 bits per heavy atom. The highest BCUT2D eigenvalue weighted by atomic mass is 16.3. The maximum atomic E-state index is 11.1. The van der Waals surface area contributed by atoms with E-state index in [0.717, 1.165) is 0 Å². The minimum absolute atomic E-state index is 0.167. The number of amides is 1. The minimum Gasteiger partial charge on any atom is -0.394 e. The second-order valence-corrected chi connectivity index (χ2v) is 3.74. The average Bonchev–Trinajstić information content (AvgIpc) is 1.97. The van der Waals surface area contributed by atoms with Gasteiger partial charge in [0.1, 0.15) is 6.04 Å². The van der Waals surface area contributed by atoms with Crippen molar-refractivity contribution in [2.24, 2.45) is 0 Å². The average molecular weight is 174 g/mol. The summed E-state index contributed by atoms with van der Waals surface area (Å²) in [6.45, 7) is 5.65. The van der Waals surface area contributed by atoms with Crippen LogP contribution in [-0.4, -0.2) is 36.2 Å². The van der Waals surface area contributed by atoms with Gasteiger partial charge in [-0.3, -0.25) is 10.1 Å². The Morgan fingerprint density at radius 2 is 2.00 bits per heavy atom. The van der Waals surface area contributed by atoms with Crippen molar-refractivity contribution in [2.75, 3.05) is 13.7 Å². The van der Waals surface area contributed by atoms with Crippen LogP contribution in [0.2, 0.25) is 0 Å². The summed E-state index contributed by atoms with van der Waals surface area (Å²) in [5.74, 6) is -0.188. The Bertz CT molecular complexity index is 152. The summed E-state index contributed by atoms with van der Waals surface area (Å²) in [4.78, 5) is 11.1. The van der Waals surface area contributed by atoms with Crippen LogP contribution in [0, 0.1) is 0 Å². The summed E-state index contributed by atoms with van der Waals surface area (Å²) in [7, 11) is 1.55.